The zero-order valence-electron chi connectivity index (χ0n) is 26.8. The van der Waals surface area contributed by atoms with Gasteiger partial charge in [0.1, 0.15) is 17.7 Å². The average Bonchev–Trinajstić information content (AvgIpc) is 3.06. The number of rotatable bonds is 18. The van der Waals surface area contributed by atoms with Gasteiger partial charge in [0.2, 0.25) is 0 Å². The fourth-order valence-corrected chi connectivity index (χ4v) is 6.29. The van der Waals surface area contributed by atoms with Crippen LogP contribution in [0.1, 0.15) is 102 Å². The van der Waals surface area contributed by atoms with E-state index in [0.29, 0.717) is 10.8 Å². The molecule has 0 saturated heterocycles. The molecular weight excluding hydrogens is 573 g/mol. The van der Waals surface area contributed by atoms with Crippen LogP contribution in [-0.4, -0.2) is 17.4 Å². The van der Waals surface area contributed by atoms with Crippen molar-refractivity contribution in [2.75, 3.05) is 17.2 Å². The summed E-state index contributed by atoms with van der Waals surface area (Å²) < 4.78 is 0. The maximum Gasteiger partial charge on any atom is 0.185 e. The van der Waals surface area contributed by atoms with E-state index in [9.17, 15) is 10.1 Å². The maximum absolute atomic E-state index is 10.9. The molecule has 0 aromatic heterocycles. The first-order valence-electron chi connectivity index (χ1n) is 16.5. The molecule has 0 N–H and O–H groups in total. The van der Waals surface area contributed by atoms with Gasteiger partial charge in [-0.05, 0) is 41.9 Å². The molecule has 0 saturated carbocycles. The van der Waals surface area contributed by atoms with Crippen molar-refractivity contribution in [2.45, 2.75) is 96.8 Å². The Morgan fingerprint density at radius 1 is 0.711 bits per heavy atom. The molecule has 234 valence electrons. The van der Waals surface area contributed by atoms with E-state index in [2.05, 4.69) is 41.4 Å². The molecule has 0 bridgehead atoms. The summed E-state index contributed by atoms with van der Waals surface area (Å²) in [6.07, 6.45) is 24.3. The number of fused-ring (bicyclic) bond motifs is 1. The zero-order valence-corrected chi connectivity index (χ0v) is 27.6. The first kappa shape index (κ1) is 35.4. The van der Waals surface area contributed by atoms with Crippen molar-refractivity contribution in [3.05, 3.63) is 82.9 Å². The lowest BCUT2D eigenvalue weighted by Gasteiger charge is -2.27. The Morgan fingerprint density at radius 2 is 1.24 bits per heavy atom. The first-order chi connectivity index (χ1) is 22.1. The molecule has 3 rings (SSSR count). The van der Waals surface area contributed by atoms with Crippen LogP contribution >= 0.6 is 11.8 Å². The van der Waals surface area contributed by atoms with Crippen molar-refractivity contribution < 1.29 is 4.79 Å². The molecule has 1 aliphatic rings. The van der Waals surface area contributed by atoms with Crippen LogP contribution in [0.2, 0.25) is 0 Å². The predicted octanol–water partition coefficient (Wildman–Crippen LogP) is 8.72. The van der Waals surface area contributed by atoms with Crippen LogP contribution < -0.4 is 15.3 Å². The van der Waals surface area contributed by atoms with E-state index in [0.717, 1.165) is 40.8 Å². The third-order valence-electron chi connectivity index (χ3n) is 8.19. The van der Waals surface area contributed by atoms with E-state index in [-0.39, 0.29) is 10.7 Å². The van der Waals surface area contributed by atoms with Gasteiger partial charge in [0.15, 0.2) is 5.12 Å². The molecule has 0 amide bonds. The van der Waals surface area contributed by atoms with Crippen molar-refractivity contribution in [2.24, 2.45) is 0 Å². The van der Waals surface area contributed by atoms with Crippen LogP contribution in [0.25, 0.3) is 16.7 Å². The number of carbonyl (C=O) groups is 1. The normalized spacial score (nSPS) is 12.7. The second-order valence-corrected chi connectivity index (χ2v) is 12.9. The molecular formula is C39H46N4OS. The minimum Gasteiger partial charge on any atom is -0.347 e. The van der Waals surface area contributed by atoms with Gasteiger partial charge in [-0.3, -0.25) is 4.79 Å². The second-order valence-electron chi connectivity index (χ2n) is 11.6. The highest BCUT2D eigenvalue weighted by molar-refractivity contribution is 8.13. The number of anilines is 1. The number of allylic oxidation sites excluding steroid dienone is 3. The van der Waals surface area contributed by atoms with Crippen molar-refractivity contribution in [3.8, 4) is 18.2 Å². The lowest BCUT2D eigenvalue weighted by atomic mass is 9.97. The van der Waals surface area contributed by atoms with Gasteiger partial charge in [-0.1, -0.05) is 131 Å². The van der Waals surface area contributed by atoms with Crippen LogP contribution in [0.5, 0.6) is 0 Å². The molecule has 0 radical (unpaired) electrons. The van der Waals surface area contributed by atoms with E-state index in [4.69, 9.17) is 10.5 Å². The summed E-state index contributed by atoms with van der Waals surface area (Å²) in [6.45, 7) is 2.63. The molecule has 1 heterocycles. The maximum atomic E-state index is 10.9. The standard InChI is InChI=1S/C39H46N4OS/c1-32(44)45-27-17-13-11-9-7-5-3-2-4-6-8-10-12-16-25-43-26-24-35(38-18-14-15-19-39(38)43)28-36(29-40)33-20-22-34(23-21-33)37(30-41)31-42/h14-15,18-24,26,28H,2-13,16-17,25,27H2,1H3/b35-28-. The molecule has 0 atom stereocenters. The van der Waals surface area contributed by atoms with Gasteiger partial charge >= 0.3 is 0 Å². The topological polar surface area (TPSA) is 91.7 Å². The SMILES string of the molecule is CC(=O)SCCCCCCCCCCCCCCCCN1C=C/C(=C/C(C#N)=c2ccc(=C(C#N)C#N)cc2)c2ccccc21. The summed E-state index contributed by atoms with van der Waals surface area (Å²) in [7, 11) is 0. The molecule has 0 fully saturated rings. The van der Waals surface area contributed by atoms with E-state index in [1.165, 1.54) is 95.2 Å². The fraction of sp³-hybridized carbons (Fsp3) is 0.436. The average molecular weight is 619 g/mol. The summed E-state index contributed by atoms with van der Waals surface area (Å²) >= 11 is 1.46. The highest BCUT2D eigenvalue weighted by atomic mass is 32.2. The number of carbonyl (C=O) groups excluding carboxylic acids is 1. The Labute approximate surface area is 274 Å². The number of hydrogen-bond acceptors (Lipinski definition) is 6. The fourth-order valence-electron chi connectivity index (χ4n) is 5.66. The number of thioether (sulfide) groups is 1. The quantitative estimate of drug-likeness (QED) is 0.155. The van der Waals surface area contributed by atoms with Crippen molar-refractivity contribution in [3.63, 3.8) is 0 Å². The van der Waals surface area contributed by atoms with Crippen LogP contribution in [0.15, 0.2) is 66.9 Å². The number of nitrogens with zero attached hydrogens (tertiary/aromatic N) is 4. The van der Waals surface area contributed by atoms with Gasteiger partial charge in [-0.2, -0.15) is 15.8 Å². The first-order valence-corrected chi connectivity index (χ1v) is 17.5. The number of hydrogen-bond donors (Lipinski definition) is 0. The molecule has 45 heavy (non-hydrogen) atoms. The molecule has 5 nitrogen and oxygen atoms in total. The Balaban J connectivity index is 1.38. The minimum absolute atomic E-state index is 0.0603. The molecule has 0 unspecified atom stereocenters. The number of benzene rings is 2. The van der Waals surface area contributed by atoms with Crippen LogP contribution in [-0.2, 0) is 4.79 Å². The summed E-state index contributed by atoms with van der Waals surface area (Å²) in [4.78, 5) is 13.2. The molecule has 1 aliphatic heterocycles. The number of para-hydroxylation sites is 1. The van der Waals surface area contributed by atoms with Gasteiger partial charge in [0.25, 0.3) is 0 Å². The Bertz CT molecular complexity index is 1530. The van der Waals surface area contributed by atoms with Gasteiger partial charge in [-0.25, -0.2) is 0 Å². The molecule has 2 aromatic rings. The van der Waals surface area contributed by atoms with Crippen molar-refractivity contribution >= 4 is 39.3 Å². The van der Waals surface area contributed by atoms with Gasteiger partial charge in [0.05, 0.1) is 11.6 Å². The number of unbranched alkanes of at least 4 members (excludes halogenated alkanes) is 13. The molecule has 0 aliphatic carbocycles. The van der Waals surface area contributed by atoms with Gasteiger partial charge < -0.3 is 4.90 Å². The van der Waals surface area contributed by atoms with Gasteiger partial charge in [0, 0.05) is 41.9 Å². The van der Waals surface area contributed by atoms with Gasteiger partial charge in [-0.15, -0.1) is 0 Å². The van der Waals surface area contributed by atoms with E-state index >= 15 is 0 Å². The zero-order chi connectivity index (χ0) is 32.1. The van der Waals surface area contributed by atoms with E-state index < -0.39 is 0 Å². The third kappa shape index (κ3) is 12.5. The predicted molar refractivity (Wildman–Crippen MR) is 188 cm³/mol. The van der Waals surface area contributed by atoms with Crippen LogP contribution in [0.4, 0.5) is 5.69 Å². The molecule has 2 aromatic carbocycles. The third-order valence-corrected chi connectivity index (χ3v) is 9.09. The van der Waals surface area contributed by atoms with E-state index in [1.54, 1.807) is 31.2 Å². The highest BCUT2D eigenvalue weighted by Gasteiger charge is 2.16. The summed E-state index contributed by atoms with van der Waals surface area (Å²) in [5, 5.41) is 29.7. The smallest absolute Gasteiger partial charge is 0.185 e. The minimum atomic E-state index is 0.0603. The van der Waals surface area contributed by atoms with Crippen molar-refractivity contribution in [1.29, 1.82) is 15.8 Å². The molecule has 0 spiro atoms. The monoisotopic (exact) mass is 618 g/mol. The Kier molecular flexibility index (Phi) is 16.4. The number of nitriles is 3. The lowest BCUT2D eigenvalue weighted by molar-refractivity contribution is -0.109. The van der Waals surface area contributed by atoms with Crippen LogP contribution in [0.3, 0.4) is 0 Å². The lowest BCUT2D eigenvalue weighted by Crippen LogP contribution is -2.21. The Morgan fingerprint density at radius 3 is 1.80 bits per heavy atom. The van der Waals surface area contributed by atoms with Crippen LogP contribution in [0, 0.1) is 34.0 Å². The van der Waals surface area contributed by atoms with E-state index in [1.807, 2.05) is 24.3 Å². The largest absolute Gasteiger partial charge is 0.347 e. The summed E-state index contributed by atoms with van der Waals surface area (Å²) in [5.41, 5.74) is 3.85. The second kappa shape index (κ2) is 20.8. The molecule has 6 heteroatoms. The summed E-state index contributed by atoms with van der Waals surface area (Å²) in [5.74, 6) is 0.984. The summed E-state index contributed by atoms with van der Waals surface area (Å²) in [6, 6.07) is 21.5. The van der Waals surface area contributed by atoms with Crippen molar-refractivity contribution in [1.82, 2.24) is 0 Å². The Hall–Kier alpha value is -4.05. The highest BCUT2D eigenvalue weighted by Crippen LogP contribution is 2.33.